The summed E-state index contributed by atoms with van der Waals surface area (Å²) in [5.74, 6) is 0.725. The molecule has 0 saturated carbocycles. The molecule has 5 nitrogen and oxygen atoms in total. The molecule has 0 aliphatic rings. The minimum Gasteiger partial charge on any atom is -0.496 e. The topological polar surface area (TPSA) is 71.3 Å². The number of hydrogen-bond acceptors (Lipinski definition) is 5. The molecule has 0 unspecified atom stereocenters. The highest BCUT2D eigenvalue weighted by Crippen LogP contribution is 2.29. The number of carbonyl (C=O) groups is 1. The Morgan fingerprint density at radius 1 is 1.16 bits per heavy atom. The first kappa shape index (κ1) is 18.4. The van der Waals surface area contributed by atoms with Crippen LogP contribution in [-0.2, 0) is 4.79 Å². The van der Waals surface area contributed by atoms with Gasteiger partial charge in [0.25, 0.3) is 5.91 Å². The lowest BCUT2D eigenvalue weighted by Gasteiger charge is -2.10. The lowest BCUT2D eigenvalue weighted by molar-refractivity contribution is -0.112. The van der Waals surface area contributed by atoms with Crippen molar-refractivity contribution in [3.05, 3.63) is 53.6 Å². The quantitative estimate of drug-likeness (QED) is 0.483. The summed E-state index contributed by atoms with van der Waals surface area (Å²) in [5.41, 5.74) is 1.21. The third-order valence-corrected chi connectivity index (χ3v) is 4.22. The summed E-state index contributed by atoms with van der Waals surface area (Å²) in [5, 5.41) is 12.0. The van der Waals surface area contributed by atoms with Crippen molar-refractivity contribution in [2.45, 2.75) is 4.90 Å². The fourth-order valence-corrected chi connectivity index (χ4v) is 2.74. The molecular formula is C19H18N2O3S. The zero-order valence-electron chi connectivity index (χ0n) is 14.2. The van der Waals surface area contributed by atoms with Crippen LogP contribution in [0.2, 0.25) is 0 Å². The van der Waals surface area contributed by atoms with E-state index in [4.69, 9.17) is 9.47 Å². The molecule has 0 aliphatic carbocycles. The zero-order chi connectivity index (χ0) is 18.2. The number of amides is 1. The maximum absolute atomic E-state index is 12.4. The minimum atomic E-state index is -0.500. The van der Waals surface area contributed by atoms with Crippen molar-refractivity contribution < 1.29 is 14.3 Å². The Morgan fingerprint density at radius 2 is 1.88 bits per heavy atom. The number of nitrogens with one attached hydrogen (secondary N) is 1. The second kappa shape index (κ2) is 8.81. The fourth-order valence-electron chi connectivity index (χ4n) is 2.20. The van der Waals surface area contributed by atoms with Crippen LogP contribution in [-0.4, -0.2) is 26.4 Å². The number of rotatable bonds is 6. The van der Waals surface area contributed by atoms with Crippen molar-refractivity contribution in [1.82, 2.24) is 0 Å². The van der Waals surface area contributed by atoms with E-state index in [2.05, 4.69) is 5.32 Å². The van der Waals surface area contributed by atoms with Gasteiger partial charge in [0.15, 0.2) is 0 Å². The molecule has 1 N–H and O–H groups in total. The standard InChI is InChI=1S/C19H18N2O3S/c1-23-16-7-5-4-6-15(16)21-19(22)14(12-20)10-13-8-9-18(25-3)17(11-13)24-2/h4-11H,1-3H3,(H,21,22)/b14-10-. The van der Waals surface area contributed by atoms with Crippen LogP contribution in [0.5, 0.6) is 11.5 Å². The summed E-state index contributed by atoms with van der Waals surface area (Å²) in [4.78, 5) is 13.4. The summed E-state index contributed by atoms with van der Waals surface area (Å²) in [7, 11) is 3.10. The predicted molar refractivity (Wildman–Crippen MR) is 100.0 cm³/mol. The van der Waals surface area contributed by atoms with Gasteiger partial charge >= 0.3 is 0 Å². The molecule has 2 aromatic carbocycles. The fraction of sp³-hybridized carbons (Fsp3) is 0.158. The third-order valence-electron chi connectivity index (χ3n) is 3.44. The second-order valence-corrected chi connectivity index (χ2v) is 5.79. The monoisotopic (exact) mass is 354 g/mol. The van der Waals surface area contributed by atoms with Crippen LogP contribution < -0.4 is 14.8 Å². The van der Waals surface area contributed by atoms with Gasteiger partial charge in [0.1, 0.15) is 23.1 Å². The molecule has 0 heterocycles. The van der Waals surface area contributed by atoms with Gasteiger partial charge in [-0.2, -0.15) is 5.26 Å². The SMILES string of the molecule is COc1ccccc1NC(=O)/C(C#N)=C\c1ccc(SC)c(OC)c1. The van der Waals surface area contributed by atoms with Crippen LogP contribution in [0.4, 0.5) is 5.69 Å². The average Bonchev–Trinajstić information content (AvgIpc) is 2.66. The summed E-state index contributed by atoms with van der Waals surface area (Å²) < 4.78 is 10.5. The van der Waals surface area contributed by atoms with Crippen LogP contribution >= 0.6 is 11.8 Å². The molecular weight excluding hydrogens is 336 g/mol. The van der Waals surface area contributed by atoms with Gasteiger partial charge in [0.05, 0.1) is 19.9 Å². The zero-order valence-corrected chi connectivity index (χ0v) is 15.0. The van der Waals surface area contributed by atoms with Crippen LogP contribution in [0.15, 0.2) is 52.9 Å². The summed E-state index contributed by atoms with van der Waals surface area (Å²) in [6.07, 6.45) is 3.48. The number of thioether (sulfide) groups is 1. The lowest BCUT2D eigenvalue weighted by Crippen LogP contribution is -2.14. The number of benzene rings is 2. The number of nitrogens with zero attached hydrogens (tertiary/aromatic N) is 1. The van der Waals surface area contributed by atoms with Crippen molar-refractivity contribution in [2.75, 3.05) is 25.8 Å². The molecule has 0 bridgehead atoms. The van der Waals surface area contributed by atoms with E-state index in [1.165, 1.54) is 13.2 Å². The van der Waals surface area contributed by atoms with E-state index < -0.39 is 5.91 Å². The Hall–Kier alpha value is -2.91. The number of carbonyl (C=O) groups excluding carboxylic acids is 1. The van der Waals surface area contributed by atoms with E-state index in [0.717, 1.165) is 4.90 Å². The van der Waals surface area contributed by atoms with Gasteiger partial charge in [0, 0.05) is 4.90 Å². The van der Waals surface area contributed by atoms with E-state index in [-0.39, 0.29) is 5.57 Å². The number of ether oxygens (including phenoxy) is 2. The van der Waals surface area contributed by atoms with E-state index in [9.17, 15) is 10.1 Å². The summed E-state index contributed by atoms with van der Waals surface area (Å²) in [6, 6.07) is 14.5. The molecule has 0 atom stereocenters. The molecule has 0 fully saturated rings. The van der Waals surface area contributed by atoms with Gasteiger partial charge in [-0.25, -0.2) is 0 Å². The molecule has 0 aliphatic heterocycles. The molecule has 2 rings (SSSR count). The lowest BCUT2D eigenvalue weighted by atomic mass is 10.1. The van der Waals surface area contributed by atoms with Crippen molar-refractivity contribution >= 4 is 29.4 Å². The Bertz CT molecular complexity index is 841. The van der Waals surface area contributed by atoms with Crippen molar-refractivity contribution in [3.8, 4) is 17.6 Å². The second-order valence-electron chi connectivity index (χ2n) is 4.94. The van der Waals surface area contributed by atoms with Gasteiger partial charge in [-0.1, -0.05) is 18.2 Å². The van der Waals surface area contributed by atoms with Crippen molar-refractivity contribution in [2.24, 2.45) is 0 Å². The first-order valence-electron chi connectivity index (χ1n) is 7.41. The van der Waals surface area contributed by atoms with Crippen LogP contribution in [0.3, 0.4) is 0 Å². The Kier molecular flexibility index (Phi) is 6.49. The number of nitriles is 1. The van der Waals surface area contributed by atoms with Crippen LogP contribution in [0.25, 0.3) is 6.08 Å². The molecule has 0 spiro atoms. The first-order chi connectivity index (χ1) is 12.1. The van der Waals surface area contributed by atoms with Gasteiger partial charge in [-0.15, -0.1) is 11.8 Å². The molecule has 1 amide bonds. The number of anilines is 1. The molecule has 0 radical (unpaired) electrons. The normalized spacial score (nSPS) is 10.7. The van der Waals surface area contributed by atoms with Crippen molar-refractivity contribution in [1.29, 1.82) is 5.26 Å². The average molecular weight is 354 g/mol. The van der Waals surface area contributed by atoms with E-state index >= 15 is 0 Å². The van der Waals surface area contributed by atoms with E-state index in [1.807, 2.05) is 24.5 Å². The van der Waals surface area contributed by atoms with Gasteiger partial charge < -0.3 is 14.8 Å². The predicted octanol–water partition coefficient (Wildman–Crippen LogP) is 3.97. The molecule has 6 heteroatoms. The smallest absolute Gasteiger partial charge is 0.266 e. The minimum absolute atomic E-state index is 0.00939. The summed E-state index contributed by atoms with van der Waals surface area (Å²) in [6.45, 7) is 0. The Balaban J connectivity index is 2.28. The van der Waals surface area contributed by atoms with Crippen LogP contribution in [0, 0.1) is 11.3 Å². The number of para-hydroxylation sites is 2. The largest absolute Gasteiger partial charge is 0.496 e. The molecule has 0 aromatic heterocycles. The third kappa shape index (κ3) is 4.55. The molecule has 2 aromatic rings. The van der Waals surface area contributed by atoms with Gasteiger partial charge in [0.2, 0.25) is 0 Å². The highest BCUT2D eigenvalue weighted by Gasteiger charge is 2.12. The molecule has 0 saturated heterocycles. The molecule has 25 heavy (non-hydrogen) atoms. The molecule has 128 valence electrons. The first-order valence-corrected chi connectivity index (χ1v) is 8.63. The van der Waals surface area contributed by atoms with E-state index in [0.29, 0.717) is 22.7 Å². The van der Waals surface area contributed by atoms with Gasteiger partial charge in [-0.05, 0) is 42.2 Å². The van der Waals surface area contributed by atoms with Gasteiger partial charge in [-0.3, -0.25) is 4.79 Å². The number of hydrogen-bond donors (Lipinski definition) is 1. The maximum Gasteiger partial charge on any atom is 0.266 e. The number of methoxy groups -OCH3 is 2. The highest BCUT2D eigenvalue weighted by molar-refractivity contribution is 7.98. The Labute approximate surface area is 151 Å². The summed E-state index contributed by atoms with van der Waals surface area (Å²) >= 11 is 1.56. The van der Waals surface area contributed by atoms with Crippen molar-refractivity contribution in [3.63, 3.8) is 0 Å². The maximum atomic E-state index is 12.4. The Morgan fingerprint density at radius 3 is 2.52 bits per heavy atom. The van der Waals surface area contributed by atoms with E-state index in [1.54, 1.807) is 49.2 Å². The highest BCUT2D eigenvalue weighted by atomic mass is 32.2. The van der Waals surface area contributed by atoms with Crippen LogP contribution in [0.1, 0.15) is 5.56 Å².